The van der Waals surface area contributed by atoms with Gasteiger partial charge in [0, 0.05) is 12.3 Å². The van der Waals surface area contributed by atoms with Gasteiger partial charge in [0.2, 0.25) is 5.79 Å². The summed E-state index contributed by atoms with van der Waals surface area (Å²) >= 11 is 0. The zero-order valence-corrected chi connectivity index (χ0v) is 5.79. The Morgan fingerprint density at radius 2 is 2.33 bits per heavy atom. The van der Waals surface area contributed by atoms with Gasteiger partial charge in [-0.25, -0.2) is 0 Å². The van der Waals surface area contributed by atoms with Gasteiger partial charge >= 0.3 is 0 Å². The van der Waals surface area contributed by atoms with Crippen LogP contribution >= 0.6 is 0 Å². The average Bonchev–Trinajstić information content (AvgIpc) is 2.16. The summed E-state index contributed by atoms with van der Waals surface area (Å²) in [5.41, 5.74) is 0. The molecule has 0 bridgehead atoms. The molecule has 1 aliphatic rings. The summed E-state index contributed by atoms with van der Waals surface area (Å²) in [5.74, 6) is -0.757. The van der Waals surface area contributed by atoms with Crippen molar-refractivity contribution >= 4 is 0 Å². The average molecular weight is 128 g/mol. The maximum Gasteiger partial charge on any atom is 0.213 e. The van der Waals surface area contributed by atoms with Crippen LogP contribution in [-0.2, 0) is 4.74 Å². The summed E-state index contributed by atoms with van der Waals surface area (Å²) in [5, 5.41) is 9.48. The molecule has 0 saturated heterocycles. The first-order valence-electron chi connectivity index (χ1n) is 3.20. The lowest BCUT2D eigenvalue weighted by Gasteiger charge is -2.25. The number of hydrogen-bond donors (Lipinski definition) is 1. The molecule has 1 unspecified atom stereocenters. The van der Waals surface area contributed by atoms with E-state index in [0.29, 0.717) is 6.42 Å². The summed E-state index contributed by atoms with van der Waals surface area (Å²) in [7, 11) is 0. The summed E-state index contributed by atoms with van der Waals surface area (Å²) in [6.07, 6.45) is 4.00. The van der Waals surface area contributed by atoms with E-state index in [1.165, 1.54) is 0 Å². The van der Waals surface area contributed by atoms with Crippen LogP contribution in [0.1, 0.15) is 20.3 Å². The Kier molecular flexibility index (Phi) is 1.49. The second-order valence-electron chi connectivity index (χ2n) is 2.69. The molecule has 0 aromatic heterocycles. The van der Waals surface area contributed by atoms with E-state index < -0.39 is 5.79 Å². The number of hydrogen-bond acceptors (Lipinski definition) is 2. The SMILES string of the molecule is CC(C)C1(O)CC=CO1. The Morgan fingerprint density at radius 3 is 2.56 bits per heavy atom. The van der Waals surface area contributed by atoms with Crippen molar-refractivity contribution in [3.05, 3.63) is 12.3 Å². The van der Waals surface area contributed by atoms with Gasteiger partial charge in [-0.2, -0.15) is 0 Å². The van der Waals surface area contributed by atoms with Gasteiger partial charge in [-0.05, 0) is 6.08 Å². The van der Waals surface area contributed by atoms with Crippen molar-refractivity contribution in [3.8, 4) is 0 Å². The lowest BCUT2D eigenvalue weighted by atomic mass is 10.0. The summed E-state index contributed by atoms with van der Waals surface area (Å²) in [6, 6.07) is 0. The molecular formula is C7H12O2. The van der Waals surface area contributed by atoms with Crippen LogP contribution in [0.5, 0.6) is 0 Å². The van der Waals surface area contributed by atoms with Crippen LogP contribution < -0.4 is 0 Å². The lowest BCUT2D eigenvalue weighted by molar-refractivity contribution is -0.181. The monoisotopic (exact) mass is 128 g/mol. The molecule has 9 heavy (non-hydrogen) atoms. The van der Waals surface area contributed by atoms with Gasteiger partial charge in [0.25, 0.3) is 0 Å². The number of aliphatic hydroxyl groups is 1. The molecule has 0 radical (unpaired) electrons. The quantitative estimate of drug-likeness (QED) is 0.576. The molecule has 1 N–H and O–H groups in total. The normalized spacial score (nSPS) is 33.3. The van der Waals surface area contributed by atoms with Crippen LogP contribution in [0.25, 0.3) is 0 Å². The minimum absolute atomic E-state index is 0.160. The van der Waals surface area contributed by atoms with Gasteiger partial charge in [-0.1, -0.05) is 13.8 Å². The predicted molar refractivity (Wildman–Crippen MR) is 34.6 cm³/mol. The fourth-order valence-electron chi connectivity index (χ4n) is 0.803. The highest BCUT2D eigenvalue weighted by Gasteiger charge is 2.33. The molecule has 2 heteroatoms. The van der Waals surface area contributed by atoms with E-state index in [9.17, 15) is 5.11 Å². The molecule has 0 aromatic carbocycles. The standard InChI is InChI=1S/C7H12O2/c1-6(2)7(8)4-3-5-9-7/h3,5-6,8H,4H2,1-2H3. The lowest BCUT2D eigenvalue weighted by Crippen LogP contribution is -2.33. The first-order valence-corrected chi connectivity index (χ1v) is 3.20. The van der Waals surface area contributed by atoms with Gasteiger partial charge in [0.1, 0.15) is 0 Å². The molecular weight excluding hydrogens is 116 g/mol. The Labute approximate surface area is 55.1 Å². The van der Waals surface area contributed by atoms with Gasteiger partial charge in [-0.3, -0.25) is 0 Å². The highest BCUT2D eigenvalue weighted by Crippen LogP contribution is 2.27. The van der Waals surface area contributed by atoms with Crippen LogP contribution in [-0.4, -0.2) is 10.9 Å². The number of rotatable bonds is 1. The molecule has 0 saturated carbocycles. The van der Waals surface area contributed by atoms with Crippen LogP contribution in [0, 0.1) is 5.92 Å². The Bertz CT molecular complexity index is 119. The Balaban J connectivity index is 2.55. The number of ether oxygens (including phenoxy) is 1. The summed E-state index contributed by atoms with van der Waals surface area (Å²) < 4.78 is 4.98. The molecule has 1 rings (SSSR count). The van der Waals surface area contributed by atoms with E-state index in [4.69, 9.17) is 4.74 Å². The first-order chi connectivity index (χ1) is 4.15. The molecule has 0 spiro atoms. The molecule has 1 aliphatic heterocycles. The Hall–Kier alpha value is -0.500. The fraction of sp³-hybridized carbons (Fsp3) is 0.714. The smallest absolute Gasteiger partial charge is 0.213 e. The maximum absolute atomic E-state index is 9.48. The Morgan fingerprint density at radius 1 is 1.67 bits per heavy atom. The molecule has 1 heterocycles. The second kappa shape index (κ2) is 2.03. The van der Waals surface area contributed by atoms with E-state index in [2.05, 4.69) is 0 Å². The largest absolute Gasteiger partial charge is 0.470 e. The zero-order chi connectivity index (χ0) is 6.91. The fourth-order valence-corrected chi connectivity index (χ4v) is 0.803. The van der Waals surface area contributed by atoms with Crippen molar-refractivity contribution < 1.29 is 9.84 Å². The van der Waals surface area contributed by atoms with Crippen molar-refractivity contribution in [2.45, 2.75) is 26.1 Å². The maximum atomic E-state index is 9.48. The highest BCUT2D eigenvalue weighted by atomic mass is 16.6. The third kappa shape index (κ3) is 1.08. The second-order valence-corrected chi connectivity index (χ2v) is 2.69. The van der Waals surface area contributed by atoms with Crippen LogP contribution in [0.4, 0.5) is 0 Å². The van der Waals surface area contributed by atoms with Crippen molar-refractivity contribution in [1.82, 2.24) is 0 Å². The minimum atomic E-state index is -0.917. The summed E-state index contributed by atoms with van der Waals surface area (Å²) in [4.78, 5) is 0. The van der Waals surface area contributed by atoms with Crippen LogP contribution in [0.2, 0.25) is 0 Å². The van der Waals surface area contributed by atoms with Crippen molar-refractivity contribution in [2.24, 2.45) is 5.92 Å². The minimum Gasteiger partial charge on any atom is -0.470 e. The summed E-state index contributed by atoms with van der Waals surface area (Å²) in [6.45, 7) is 3.88. The van der Waals surface area contributed by atoms with E-state index in [-0.39, 0.29) is 5.92 Å². The van der Waals surface area contributed by atoms with Crippen molar-refractivity contribution in [2.75, 3.05) is 0 Å². The van der Waals surface area contributed by atoms with Gasteiger partial charge in [-0.15, -0.1) is 0 Å². The van der Waals surface area contributed by atoms with E-state index in [1.807, 2.05) is 19.9 Å². The third-order valence-corrected chi connectivity index (χ3v) is 1.68. The third-order valence-electron chi connectivity index (χ3n) is 1.68. The molecule has 52 valence electrons. The van der Waals surface area contributed by atoms with Crippen LogP contribution in [0.3, 0.4) is 0 Å². The van der Waals surface area contributed by atoms with Gasteiger partial charge in [0.15, 0.2) is 0 Å². The van der Waals surface area contributed by atoms with Crippen LogP contribution in [0.15, 0.2) is 12.3 Å². The van der Waals surface area contributed by atoms with E-state index >= 15 is 0 Å². The predicted octanol–water partition coefficient (Wildman–Crippen LogP) is 1.26. The van der Waals surface area contributed by atoms with E-state index in [1.54, 1.807) is 6.26 Å². The molecule has 1 atom stereocenters. The molecule has 2 nitrogen and oxygen atoms in total. The van der Waals surface area contributed by atoms with Crippen molar-refractivity contribution in [3.63, 3.8) is 0 Å². The topological polar surface area (TPSA) is 29.5 Å². The first kappa shape index (κ1) is 6.62. The van der Waals surface area contributed by atoms with Crippen molar-refractivity contribution in [1.29, 1.82) is 0 Å². The van der Waals surface area contributed by atoms with Gasteiger partial charge < -0.3 is 9.84 Å². The molecule has 0 aromatic rings. The molecule has 0 amide bonds. The zero-order valence-electron chi connectivity index (χ0n) is 5.79. The molecule has 0 fully saturated rings. The van der Waals surface area contributed by atoms with E-state index in [0.717, 1.165) is 0 Å². The highest BCUT2D eigenvalue weighted by molar-refractivity contribution is 4.92. The van der Waals surface area contributed by atoms with Gasteiger partial charge in [0.05, 0.1) is 6.26 Å². The molecule has 0 aliphatic carbocycles.